The van der Waals surface area contributed by atoms with Gasteiger partial charge in [0.05, 0.1) is 17.4 Å². The third-order valence-corrected chi connectivity index (χ3v) is 7.53. The number of nitrogens with zero attached hydrogens (tertiary/aromatic N) is 2. The average Bonchev–Trinajstić information content (AvgIpc) is 3.37. The van der Waals surface area contributed by atoms with E-state index in [1.807, 2.05) is 42.7 Å². The molecule has 32 heavy (non-hydrogen) atoms. The van der Waals surface area contributed by atoms with E-state index < -0.39 is 0 Å². The van der Waals surface area contributed by atoms with Crippen LogP contribution in [-0.4, -0.2) is 42.4 Å². The summed E-state index contributed by atoms with van der Waals surface area (Å²) in [4.78, 5) is 21.1. The zero-order chi connectivity index (χ0) is 21.8. The van der Waals surface area contributed by atoms with Gasteiger partial charge in [-0.15, -0.1) is 11.8 Å². The van der Waals surface area contributed by atoms with Gasteiger partial charge in [0.15, 0.2) is 0 Å². The lowest BCUT2D eigenvalue weighted by molar-refractivity contribution is 0.102. The molecule has 0 spiro atoms. The summed E-state index contributed by atoms with van der Waals surface area (Å²) in [6, 6.07) is 14.0. The number of carbonyl (C=O) groups excluding carboxylic acids is 1. The molecule has 0 saturated carbocycles. The van der Waals surface area contributed by atoms with Gasteiger partial charge in [-0.1, -0.05) is 12.1 Å². The first kappa shape index (κ1) is 21.3. The summed E-state index contributed by atoms with van der Waals surface area (Å²) in [7, 11) is 0. The van der Waals surface area contributed by atoms with E-state index >= 15 is 0 Å². The predicted octanol–water partition coefficient (Wildman–Crippen LogP) is 5.75. The molecule has 0 radical (unpaired) electrons. The van der Waals surface area contributed by atoms with Crippen molar-refractivity contribution in [2.75, 3.05) is 35.7 Å². The molecule has 5 nitrogen and oxygen atoms in total. The fourth-order valence-electron chi connectivity index (χ4n) is 4.62. The smallest absolute Gasteiger partial charge is 0.256 e. The van der Waals surface area contributed by atoms with E-state index in [0.29, 0.717) is 5.56 Å². The highest BCUT2D eigenvalue weighted by molar-refractivity contribution is 7.99. The largest absolute Gasteiger partial charge is 0.377 e. The van der Waals surface area contributed by atoms with Crippen LogP contribution in [0.1, 0.15) is 42.5 Å². The highest BCUT2D eigenvalue weighted by Crippen LogP contribution is 2.34. The fraction of sp³-hybridized carbons (Fsp3) is 0.385. The number of nitrogens with one attached hydrogen (secondary N) is 1. The lowest BCUT2D eigenvalue weighted by atomic mass is 10.0. The van der Waals surface area contributed by atoms with Crippen molar-refractivity contribution in [1.29, 1.82) is 0 Å². The van der Waals surface area contributed by atoms with Crippen LogP contribution in [0.4, 0.5) is 11.4 Å². The van der Waals surface area contributed by atoms with E-state index in [-0.39, 0.29) is 12.0 Å². The number of fused-ring (bicyclic) bond motifs is 1. The van der Waals surface area contributed by atoms with Gasteiger partial charge in [-0.25, -0.2) is 0 Å². The molecule has 2 aliphatic heterocycles. The van der Waals surface area contributed by atoms with Crippen LogP contribution in [0.2, 0.25) is 0 Å². The molecule has 166 valence electrons. The van der Waals surface area contributed by atoms with Gasteiger partial charge in [0.25, 0.3) is 5.91 Å². The Labute approximate surface area is 193 Å². The first-order chi connectivity index (χ1) is 15.8. The Kier molecular flexibility index (Phi) is 6.60. The number of ether oxygens (including phenoxy) is 1. The van der Waals surface area contributed by atoms with Gasteiger partial charge in [-0.05, 0) is 62.4 Å². The summed E-state index contributed by atoms with van der Waals surface area (Å²) in [6.45, 7) is 3.01. The number of piperidine rings is 1. The normalized spacial score (nSPS) is 18.8. The van der Waals surface area contributed by atoms with Gasteiger partial charge in [0, 0.05) is 59.2 Å². The number of amides is 1. The molecular formula is C26H29N3O2S. The third kappa shape index (κ3) is 4.62. The number of thioether (sulfide) groups is 1. The third-order valence-electron chi connectivity index (χ3n) is 6.32. The molecule has 0 unspecified atom stereocenters. The first-order valence-electron chi connectivity index (χ1n) is 11.6. The van der Waals surface area contributed by atoms with Gasteiger partial charge in [-0.3, -0.25) is 9.78 Å². The van der Waals surface area contributed by atoms with Crippen LogP contribution in [0.15, 0.2) is 59.8 Å². The maximum atomic E-state index is 13.3. The summed E-state index contributed by atoms with van der Waals surface area (Å²) in [6.07, 6.45) is 9.96. The Hall–Kier alpha value is -2.57. The van der Waals surface area contributed by atoms with E-state index in [4.69, 9.17) is 4.74 Å². The van der Waals surface area contributed by atoms with E-state index in [9.17, 15) is 4.79 Å². The van der Waals surface area contributed by atoms with Crippen LogP contribution in [-0.2, 0) is 4.74 Å². The highest BCUT2D eigenvalue weighted by Gasteiger charge is 2.19. The molecule has 5 rings (SSSR count). The minimum Gasteiger partial charge on any atom is -0.377 e. The van der Waals surface area contributed by atoms with E-state index in [2.05, 4.69) is 27.3 Å². The molecule has 2 aliphatic rings. The van der Waals surface area contributed by atoms with Gasteiger partial charge in [0.1, 0.15) is 0 Å². The molecule has 0 bridgehead atoms. The van der Waals surface area contributed by atoms with Crippen molar-refractivity contribution in [3.05, 3.63) is 60.4 Å². The number of hydrogen-bond donors (Lipinski definition) is 1. The van der Waals surface area contributed by atoms with Gasteiger partial charge < -0.3 is 15.0 Å². The van der Waals surface area contributed by atoms with Crippen LogP contribution >= 0.6 is 11.8 Å². The van der Waals surface area contributed by atoms with Gasteiger partial charge >= 0.3 is 0 Å². The lowest BCUT2D eigenvalue weighted by Crippen LogP contribution is -2.29. The quantitative estimate of drug-likeness (QED) is 0.488. The Morgan fingerprint density at radius 1 is 1.06 bits per heavy atom. The number of rotatable bonds is 6. The molecule has 2 saturated heterocycles. The summed E-state index contributed by atoms with van der Waals surface area (Å²) < 4.78 is 5.75. The number of anilines is 2. The van der Waals surface area contributed by atoms with Crippen molar-refractivity contribution in [3.63, 3.8) is 0 Å². The standard InChI is InChI=1S/C26H29N3O2S/c30-26(21-8-2-3-9-25(21)32-18-19-7-6-16-31-19)28-23-10-11-24(29-14-4-1-5-15-29)20-12-13-27-17-22(20)23/h2-3,8-13,17,19H,1,4-7,14-16,18H2,(H,28,30)/t19-/m0/s1. The zero-order valence-electron chi connectivity index (χ0n) is 18.3. The molecular weight excluding hydrogens is 418 g/mol. The second-order valence-corrected chi connectivity index (χ2v) is 9.56. The number of aromatic nitrogens is 1. The van der Waals surface area contributed by atoms with Crippen molar-refractivity contribution in [1.82, 2.24) is 4.98 Å². The minimum absolute atomic E-state index is 0.0867. The van der Waals surface area contributed by atoms with Crippen molar-refractivity contribution in [2.45, 2.75) is 43.1 Å². The molecule has 6 heteroatoms. The number of pyridine rings is 1. The number of benzene rings is 2. The molecule has 1 aromatic heterocycles. The van der Waals surface area contributed by atoms with Crippen molar-refractivity contribution in [3.8, 4) is 0 Å². The van der Waals surface area contributed by atoms with E-state index in [1.54, 1.807) is 11.8 Å². The summed E-state index contributed by atoms with van der Waals surface area (Å²) >= 11 is 1.70. The zero-order valence-corrected chi connectivity index (χ0v) is 19.1. The van der Waals surface area contributed by atoms with Crippen LogP contribution in [0.3, 0.4) is 0 Å². The molecule has 1 atom stereocenters. The molecule has 2 aromatic carbocycles. The van der Waals surface area contributed by atoms with Crippen molar-refractivity contribution < 1.29 is 9.53 Å². The Morgan fingerprint density at radius 3 is 2.78 bits per heavy atom. The second-order valence-electron chi connectivity index (χ2n) is 8.50. The maximum Gasteiger partial charge on any atom is 0.256 e. The SMILES string of the molecule is O=C(Nc1ccc(N2CCCCC2)c2ccncc12)c1ccccc1SC[C@@H]1CCCO1. The molecule has 1 N–H and O–H groups in total. The predicted molar refractivity (Wildman–Crippen MR) is 132 cm³/mol. The van der Waals surface area contributed by atoms with E-state index in [0.717, 1.165) is 59.6 Å². The van der Waals surface area contributed by atoms with Crippen LogP contribution in [0.25, 0.3) is 10.8 Å². The molecule has 3 aromatic rings. The van der Waals surface area contributed by atoms with Crippen molar-refractivity contribution in [2.24, 2.45) is 0 Å². The van der Waals surface area contributed by atoms with Crippen LogP contribution in [0.5, 0.6) is 0 Å². The Balaban J connectivity index is 1.38. The molecule has 0 aliphatic carbocycles. The fourth-order valence-corrected chi connectivity index (χ4v) is 5.74. The highest BCUT2D eigenvalue weighted by atomic mass is 32.2. The Bertz CT molecular complexity index is 1090. The molecule has 1 amide bonds. The second kappa shape index (κ2) is 9.92. The summed E-state index contributed by atoms with van der Waals surface area (Å²) in [5.74, 6) is 0.790. The van der Waals surface area contributed by atoms with Crippen LogP contribution < -0.4 is 10.2 Å². The minimum atomic E-state index is -0.0867. The molecule has 2 fully saturated rings. The maximum absolute atomic E-state index is 13.3. The topological polar surface area (TPSA) is 54.5 Å². The van der Waals surface area contributed by atoms with Gasteiger partial charge in [0.2, 0.25) is 0 Å². The van der Waals surface area contributed by atoms with Gasteiger partial charge in [-0.2, -0.15) is 0 Å². The first-order valence-corrected chi connectivity index (χ1v) is 12.5. The molecule has 3 heterocycles. The number of hydrogen-bond acceptors (Lipinski definition) is 5. The summed E-state index contributed by atoms with van der Waals surface area (Å²) in [5.41, 5.74) is 2.73. The average molecular weight is 448 g/mol. The van der Waals surface area contributed by atoms with E-state index in [1.165, 1.54) is 24.9 Å². The van der Waals surface area contributed by atoms with Crippen molar-refractivity contribution >= 4 is 39.8 Å². The van der Waals surface area contributed by atoms with Crippen LogP contribution in [0, 0.1) is 0 Å². The number of carbonyl (C=O) groups is 1. The lowest BCUT2D eigenvalue weighted by Gasteiger charge is -2.30. The Morgan fingerprint density at radius 2 is 1.94 bits per heavy atom. The summed E-state index contributed by atoms with van der Waals surface area (Å²) in [5, 5.41) is 5.28. The monoisotopic (exact) mass is 447 g/mol.